The second-order valence-electron chi connectivity index (χ2n) is 5.23. The lowest BCUT2D eigenvalue weighted by Crippen LogP contribution is -2.29. The Kier molecular flexibility index (Phi) is 3.06. The van der Waals surface area contributed by atoms with Gasteiger partial charge in [0.05, 0.1) is 22.4 Å². The van der Waals surface area contributed by atoms with Crippen LogP contribution in [0.3, 0.4) is 0 Å². The van der Waals surface area contributed by atoms with Crippen molar-refractivity contribution in [2.45, 2.75) is 13.8 Å². The maximum Gasteiger partial charge on any atom is 0.336 e. The van der Waals surface area contributed by atoms with Crippen molar-refractivity contribution in [3.63, 3.8) is 0 Å². The Morgan fingerprint density at radius 1 is 1.00 bits per heavy atom. The van der Waals surface area contributed by atoms with Gasteiger partial charge in [-0.2, -0.15) is 0 Å². The summed E-state index contributed by atoms with van der Waals surface area (Å²) < 4.78 is 0. The molecule has 5 heteroatoms. The molecule has 0 unspecified atom stereocenters. The summed E-state index contributed by atoms with van der Waals surface area (Å²) >= 11 is 0. The second-order valence-corrected chi connectivity index (χ2v) is 5.23. The minimum absolute atomic E-state index is 0.0894. The lowest BCUT2D eigenvalue weighted by Gasteiger charge is -2.17. The Bertz CT molecular complexity index is 804. The molecule has 0 atom stereocenters. The molecule has 110 valence electrons. The van der Waals surface area contributed by atoms with Gasteiger partial charge in [0.15, 0.2) is 0 Å². The minimum atomic E-state index is -1.08. The van der Waals surface area contributed by atoms with Gasteiger partial charge in [0, 0.05) is 0 Å². The first-order valence-corrected chi connectivity index (χ1v) is 6.74. The third-order valence-corrected chi connectivity index (χ3v) is 3.93. The van der Waals surface area contributed by atoms with Crippen LogP contribution in [0.2, 0.25) is 0 Å². The molecule has 0 aliphatic carbocycles. The number of fused-ring (bicyclic) bond motifs is 1. The number of nitrogens with zero attached hydrogens (tertiary/aromatic N) is 1. The van der Waals surface area contributed by atoms with Crippen LogP contribution in [-0.4, -0.2) is 22.9 Å². The highest BCUT2D eigenvalue weighted by Crippen LogP contribution is 2.30. The Morgan fingerprint density at radius 2 is 1.55 bits per heavy atom. The number of aryl methyl sites for hydroxylation is 1. The number of hydrogen-bond acceptors (Lipinski definition) is 3. The first-order chi connectivity index (χ1) is 10.4. The predicted octanol–water partition coefficient (Wildman–Crippen LogP) is 2.80. The number of hydrogen-bond donors (Lipinski definition) is 1. The standard InChI is InChI=1S/C17H13NO4/c1-9-7-11(8-14(10(9)2)17(21)22)18-15(19)12-5-3-4-6-13(12)16(18)20/h3-8H,1-2H3,(H,21,22). The van der Waals surface area contributed by atoms with Gasteiger partial charge < -0.3 is 5.11 Å². The van der Waals surface area contributed by atoms with Crippen LogP contribution in [0.4, 0.5) is 5.69 Å². The predicted molar refractivity (Wildman–Crippen MR) is 80.5 cm³/mol. The fraction of sp³-hybridized carbons (Fsp3) is 0.118. The molecule has 1 N–H and O–H groups in total. The fourth-order valence-corrected chi connectivity index (χ4v) is 2.62. The van der Waals surface area contributed by atoms with Crippen LogP contribution < -0.4 is 4.90 Å². The Labute approximate surface area is 126 Å². The van der Waals surface area contributed by atoms with E-state index >= 15 is 0 Å². The van der Waals surface area contributed by atoms with Crippen LogP contribution in [0.5, 0.6) is 0 Å². The van der Waals surface area contributed by atoms with E-state index in [1.807, 2.05) is 0 Å². The van der Waals surface area contributed by atoms with Crippen LogP contribution in [-0.2, 0) is 0 Å². The van der Waals surface area contributed by atoms with Gasteiger partial charge in [-0.05, 0) is 49.2 Å². The highest BCUT2D eigenvalue weighted by molar-refractivity contribution is 6.34. The van der Waals surface area contributed by atoms with E-state index < -0.39 is 17.8 Å². The number of amides is 2. The largest absolute Gasteiger partial charge is 0.478 e. The number of carbonyl (C=O) groups excluding carboxylic acids is 2. The van der Waals surface area contributed by atoms with E-state index in [0.29, 0.717) is 22.3 Å². The fourth-order valence-electron chi connectivity index (χ4n) is 2.62. The lowest BCUT2D eigenvalue weighted by molar-refractivity contribution is 0.0694. The SMILES string of the molecule is Cc1cc(N2C(=O)c3ccccc3C2=O)cc(C(=O)O)c1C. The third kappa shape index (κ3) is 1.90. The molecule has 1 aliphatic rings. The summed E-state index contributed by atoms with van der Waals surface area (Å²) in [5.74, 6) is -1.94. The summed E-state index contributed by atoms with van der Waals surface area (Å²) in [6, 6.07) is 9.59. The number of carboxylic acids is 1. The smallest absolute Gasteiger partial charge is 0.336 e. The minimum Gasteiger partial charge on any atom is -0.478 e. The van der Waals surface area contributed by atoms with Crippen molar-refractivity contribution in [3.8, 4) is 0 Å². The molecule has 1 heterocycles. The summed E-state index contributed by atoms with van der Waals surface area (Å²) in [7, 11) is 0. The van der Waals surface area contributed by atoms with Crippen LogP contribution in [0, 0.1) is 13.8 Å². The number of aromatic carboxylic acids is 1. The number of benzene rings is 2. The van der Waals surface area contributed by atoms with Gasteiger partial charge in [0.25, 0.3) is 11.8 Å². The lowest BCUT2D eigenvalue weighted by atomic mass is 10.0. The molecule has 0 aromatic heterocycles. The molecule has 0 radical (unpaired) electrons. The molecule has 2 amide bonds. The zero-order valence-electron chi connectivity index (χ0n) is 12.1. The van der Waals surface area contributed by atoms with E-state index in [1.165, 1.54) is 6.07 Å². The van der Waals surface area contributed by atoms with Crippen LogP contribution in [0.1, 0.15) is 42.2 Å². The zero-order valence-corrected chi connectivity index (χ0v) is 12.1. The number of carbonyl (C=O) groups is 3. The summed E-state index contributed by atoms with van der Waals surface area (Å²) in [4.78, 5) is 37.3. The molecule has 5 nitrogen and oxygen atoms in total. The van der Waals surface area contributed by atoms with Gasteiger partial charge in [-0.25, -0.2) is 9.69 Å². The van der Waals surface area contributed by atoms with Crippen molar-refractivity contribution in [2.75, 3.05) is 4.90 Å². The van der Waals surface area contributed by atoms with Crippen molar-refractivity contribution < 1.29 is 19.5 Å². The molecule has 22 heavy (non-hydrogen) atoms. The number of anilines is 1. The van der Waals surface area contributed by atoms with Crippen LogP contribution >= 0.6 is 0 Å². The topological polar surface area (TPSA) is 74.7 Å². The summed E-state index contributed by atoms with van der Waals surface area (Å²) in [6.45, 7) is 3.45. The van der Waals surface area contributed by atoms with Gasteiger partial charge in [0.1, 0.15) is 0 Å². The van der Waals surface area contributed by atoms with Gasteiger partial charge in [-0.15, -0.1) is 0 Å². The number of rotatable bonds is 2. The molecule has 2 aromatic rings. The highest BCUT2D eigenvalue weighted by atomic mass is 16.4. The van der Waals surface area contributed by atoms with E-state index in [-0.39, 0.29) is 11.3 Å². The van der Waals surface area contributed by atoms with Crippen molar-refractivity contribution >= 4 is 23.5 Å². The highest BCUT2D eigenvalue weighted by Gasteiger charge is 2.36. The molecule has 0 bridgehead atoms. The molecular weight excluding hydrogens is 282 g/mol. The van der Waals surface area contributed by atoms with Crippen molar-refractivity contribution in [1.82, 2.24) is 0 Å². The quantitative estimate of drug-likeness (QED) is 0.864. The van der Waals surface area contributed by atoms with E-state index in [4.69, 9.17) is 0 Å². The third-order valence-electron chi connectivity index (χ3n) is 3.93. The van der Waals surface area contributed by atoms with E-state index in [0.717, 1.165) is 4.90 Å². The average Bonchev–Trinajstić information content (AvgIpc) is 2.74. The second kappa shape index (κ2) is 4.80. The Hall–Kier alpha value is -2.95. The van der Waals surface area contributed by atoms with Crippen molar-refractivity contribution in [2.24, 2.45) is 0 Å². The number of carboxylic acid groups (broad SMARTS) is 1. The maximum absolute atomic E-state index is 12.4. The van der Waals surface area contributed by atoms with Crippen LogP contribution in [0.15, 0.2) is 36.4 Å². The molecule has 2 aromatic carbocycles. The summed E-state index contributed by atoms with van der Waals surface area (Å²) in [5, 5.41) is 9.27. The monoisotopic (exact) mass is 295 g/mol. The molecule has 0 saturated heterocycles. The molecule has 1 aliphatic heterocycles. The van der Waals surface area contributed by atoms with Gasteiger partial charge in [0.2, 0.25) is 0 Å². The van der Waals surface area contributed by atoms with Gasteiger partial charge in [-0.1, -0.05) is 12.1 Å². The zero-order chi connectivity index (χ0) is 16.0. The molecule has 0 spiro atoms. The molecular formula is C17H13NO4. The van der Waals surface area contributed by atoms with Gasteiger partial charge in [-0.3, -0.25) is 9.59 Å². The van der Waals surface area contributed by atoms with E-state index in [2.05, 4.69) is 0 Å². The van der Waals surface area contributed by atoms with Crippen molar-refractivity contribution in [1.29, 1.82) is 0 Å². The first kappa shape index (κ1) is 14.0. The Morgan fingerprint density at radius 3 is 2.05 bits per heavy atom. The van der Waals surface area contributed by atoms with Gasteiger partial charge >= 0.3 is 5.97 Å². The van der Waals surface area contributed by atoms with Crippen molar-refractivity contribution in [3.05, 3.63) is 64.2 Å². The Balaban J connectivity index is 2.16. The average molecular weight is 295 g/mol. The molecule has 3 rings (SSSR count). The normalized spacial score (nSPS) is 13.5. The van der Waals surface area contributed by atoms with E-state index in [9.17, 15) is 19.5 Å². The number of imide groups is 1. The summed E-state index contributed by atoms with van der Waals surface area (Å²) in [6.07, 6.45) is 0. The maximum atomic E-state index is 12.4. The van der Waals surface area contributed by atoms with E-state index in [1.54, 1.807) is 44.2 Å². The first-order valence-electron chi connectivity index (χ1n) is 6.74. The molecule has 0 fully saturated rings. The summed E-state index contributed by atoms with van der Waals surface area (Å²) in [5.41, 5.74) is 2.38. The molecule has 0 saturated carbocycles. The van der Waals surface area contributed by atoms with Crippen LogP contribution in [0.25, 0.3) is 0 Å².